The lowest BCUT2D eigenvalue weighted by molar-refractivity contribution is 0.193. The summed E-state index contributed by atoms with van der Waals surface area (Å²) in [5.74, 6) is 0. The highest BCUT2D eigenvalue weighted by molar-refractivity contribution is 6.11. The van der Waals surface area contributed by atoms with Crippen molar-refractivity contribution in [1.29, 1.82) is 0 Å². The van der Waals surface area contributed by atoms with Gasteiger partial charge in [-0.25, -0.2) is 4.99 Å². The summed E-state index contributed by atoms with van der Waals surface area (Å²) in [5, 5.41) is 4.27. The van der Waals surface area contributed by atoms with E-state index in [4.69, 9.17) is 4.99 Å². The molecule has 0 radical (unpaired) electrons. The SMILES string of the molecule is CCCCN1C=C2N=C(c3cnn(C)c3)C=C2N(CCCC)C1. The van der Waals surface area contributed by atoms with Crippen molar-refractivity contribution in [3.63, 3.8) is 0 Å². The summed E-state index contributed by atoms with van der Waals surface area (Å²) in [6, 6.07) is 0. The van der Waals surface area contributed by atoms with E-state index in [1.165, 1.54) is 31.4 Å². The number of rotatable bonds is 7. The van der Waals surface area contributed by atoms with Gasteiger partial charge in [-0.2, -0.15) is 5.10 Å². The zero-order valence-corrected chi connectivity index (χ0v) is 14.5. The van der Waals surface area contributed by atoms with Crippen LogP contribution >= 0.6 is 0 Å². The fourth-order valence-electron chi connectivity index (χ4n) is 3.02. The standard InChI is InChI=1S/C18H27N5/c1-4-6-8-22-13-17-18(23(14-22)9-7-5-2)10-16(20-17)15-11-19-21(3)12-15/h10-13H,4-9,14H2,1-3H3. The fourth-order valence-corrected chi connectivity index (χ4v) is 3.02. The molecule has 0 bridgehead atoms. The highest BCUT2D eigenvalue weighted by atomic mass is 15.3. The van der Waals surface area contributed by atoms with Crippen LogP contribution in [0.1, 0.15) is 45.1 Å². The molecule has 0 amide bonds. The van der Waals surface area contributed by atoms with Gasteiger partial charge >= 0.3 is 0 Å². The van der Waals surface area contributed by atoms with Gasteiger partial charge in [0.15, 0.2) is 0 Å². The lowest BCUT2D eigenvalue weighted by Crippen LogP contribution is -2.39. The molecule has 5 nitrogen and oxygen atoms in total. The van der Waals surface area contributed by atoms with Crippen LogP contribution in [0.3, 0.4) is 0 Å². The minimum atomic E-state index is 0.977. The lowest BCUT2D eigenvalue weighted by Gasteiger charge is -2.36. The molecule has 23 heavy (non-hydrogen) atoms. The number of hydrogen-bond acceptors (Lipinski definition) is 4. The summed E-state index contributed by atoms with van der Waals surface area (Å²) in [5.41, 5.74) is 4.48. The predicted molar refractivity (Wildman–Crippen MR) is 94.0 cm³/mol. The molecule has 1 aromatic rings. The second-order valence-electron chi connectivity index (χ2n) is 6.37. The Morgan fingerprint density at radius 3 is 2.61 bits per heavy atom. The lowest BCUT2D eigenvalue weighted by atomic mass is 10.2. The van der Waals surface area contributed by atoms with Crippen molar-refractivity contribution in [2.45, 2.75) is 39.5 Å². The molecule has 0 aromatic carbocycles. The van der Waals surface area contributed by atoms with Crippen molar-refractivity contribution in [1.82, 2.24) is 19.6 Å². The maximum Gasteiger partial charge on any atom is 0.103 e. The molecule has 0 atom stereocenters. The first-order valence-corrected chi connectivity index (χ1v) is 8.72. The molecule has 0 fully saturated rings. The number of aliphatic imine (C=N–C) groups is 1. The zero-order valence-electron chi connectivity index (χ0n) is 14.5. The molecule has 0 unspecified atom stereocenters. The Kier molecular flexibility index (Phi) is 4.84. The number of nitrogens with zero attached hydrogens (tertiary/aromatic N) is 5. The molecule has 2 aliphatic rings. The normalized spacial score (nSPS) is 17.1. The van der Waals surface area contributed by atoms with Gasteiger partial charge in [-0.3, -0.25) is 4.68 Å². The molecule has 3 rings (SSSR count). The largest absolute Gasteiger partial charge is 0.358 e. The molecule has 3 heterocycles. The quantitative estimate of drug-likeness (QED) is 0.776. The van der Waals surface area contributed by atoms with Gasteiger partial charge in [0.1, 0.15) is 5.70 Å². The van der Waals surface area contributed by atoms with Crippen molar-refractivity contribution < 1.29 is 0 Å². The first-order valence-electron chi connectivity index (χ1n) is 8.72. The van der Waals surface area contributed by atoms with Crippen molar-refractivity contribution in [3.8, 4) is 0 Å². The molecular formula is C18H27N5. The molecule has 1 aromatic heterocycles. The molecule has 124 valence electrons. The Labute approximate surface area is 139 Å². The zero-order chi connectivity index (χ0) is 16.2. The number of hydrogen-bond donors (Lipinski definition) is 0. The molecular weight excluding hydrogens is 286 g/mol. The maximum atomic E-state index is 4.86. The first kappa shape index (κ1) is 15.8. The average Bonchev–Trinajstić information content (AvgIpc) is 3.16. The van der Waals surface area contributed by atoms with Crippen LogP contribution in [0.2, 0.25) is 0 Å². The number of aromatic nitrogens is 2. The topological polar surface area (TPSA) is 36.7 Å². The van der Waals surface area contributed by atoms with Gasteiger partial charge in [0.05, 0.1) is 24.3 Å². The molecule has 0 N–H and O–H groups in total. The number of unbranched alkanes of at least 4 members (excludes halogenated alkanes) is 2. The second-order valence-corrected chi connectivity index (χ2v) is 6.37. The van der Waals surface area contributed by atoms with Gasteiger partial charge in [0, 0.05) is 38.1 Å². The van der Waals surface area contributed by atoms with E-state index >= 15 is 0 Å². The van der Waals surface area contributed by atoms with E-state index < -0.39 is 0 Å². The minimum absolute atomic E-state index is 0.977. The van der Waals surface area contributed by atoms with Gasteiger partial charge in [-0.1, -0.05) is 26.7 Å². The van der Waals surface area contributed by atoms with E-state index in [0.717, 1.165) is 36.7 Å². The third-order valence-corrected chi connectivity index (χ3v) is 4.36. The van der Waals surface area contributed by atoms with Gasteiger partial charge in [-0.15, -0.1) is 0 Å². The van der Waals surface area contributed by atoms with Crippen molar-refractivity contribution in [2.24, 2.45) is 12.0 Å². The highest BCUT2D eigenvalue weighted by Gasteiger charge is 2.26. The summed E-state index contributed by atoms with van der Waals surface area (Å²) in [6.07, 6.45) is 13.2. The number of aryl methyl sites for hydroxylation is 1. The molecule has 2 aliphatic heterocycles. The van der Waals surface area contributed by atoms with E-state index in [1.54, 1.807) is 0 Å². The van der Waals surface area contributed by atoms with Crippen LogP contribution < -0.4 is 0 Å². The Balaban J connectivity index is 1.85. The molecule has 5 heteroatoms. The molecule has 0 saturated heterocycles. The summed E-state index contributed by atoms with van der Waals surface area (Å²) < 4.78 is 1.83. The van der Waals surface area contributed by atoms with Gasteiger partial charge in [0.25, 0.3) is 0 Å². The van der Waals surface area contributed by atoms with Crippen LogP contribution in [0.4, 0.5) is 0 Å². The van der Waals surface area contributed by atoms with E-state index in [-0.39, 0.29) is 0 Å². The number of allylic oxidation sites excluding steroid dienone is 1. The average molecular weight is 313 g/mol. The van der Waals surface area contributed by atoms with Crippen LogP contribution in [0.25, 0.3) is 0 Å². The monoisotopic (exact) mass is 313 g/mol. The van der Waals surface area contributed by atoms with Crippen LogP contribution in [-0.2, 0) is 7.05 Å². The third kappa shape index (κ3) is 3.49. The Morgan fingerprint density at radius 1 is 1.13 bits per heavy atom. The van der Waals surface area contributed by atoms with E-state index in [2.05, 4.69) is 41.0 Å². The fraction of sp³-hybridized carbons (Fsp3) is 0.556. The summed E-state index contributed by atoms with van der Waals surface area (Å²) in [4.78, 5) is 9.74. The van der Waals surface area contributed by atoms with E-state index in [9.17, 15) is 0 Å². The predicted octanol–water partition coefficient (Wildman–Crippen LogP) is 3.12. The van der Waals surface area contributed by atoms with Crippen LogP contribution in [0.5, 0.6) is 0 Å². The Morgan fingerprint density at radius 2 is 1.91 bits per heavy atom. The summed E-state index contributed by atoms with van der Waals surface area (Å²) in [6.45, 7) is 7.67. The Hall–Kier alpha value is -2.04. The number of fused-ring (bicyclic) bond motifs is 1. The molecule has 0 saturated carbocycles. The molecule has 0 spiro atoms. The molecule has 0 aliphatic carbocycles. The maximum absolute atomic E-state index is 4.86. The van der Waals surface area contributed by atoms with Crippen molar-refractivity contribution in [2.75, 3.05) is 19.8 Å². The smallest absolute Gasteiger partial charge is 0.103 e. The second kappa shape index (κ2) is 7.02. The first-order chi connectivity index (χ1) is 11.2. The van der Waals surface area contributed by atoms with Crippen LogP contribution in [-0.4, -0.2) is 45.1 Å². The third-order valence-electron chi connectivity index (χ3n) is 4.36. The Bertz CT molecular complexity index is 638. The summed E-state index contributed by atoms with van der Waals surface area (Å²) in [7, 11) is 1.94. The van der Waals surface area contributed by atoms with Crippen LogP contribution in [0.15, 0.2) is 41.1 Å². The highest BCUT2D eigenvalue weighted by Crippen LogP contribution is 2.29. The van der Waals surface area contributed by atoms with E-state index in [1.807, 2.05) is 24.1 Å². The van der Waals surface area contributed by atoms with Crippen LogP contribution in [0, 0.1) is 0 Å². The summed E-state index contributed by atoms with van der Waals surface area (Å²) >= 11 is 0. The van der Waals surface area contributed by atoms with Crippen molar-refractivity contribution >= 4 is 5.71 Å². The van der Waals surface area contributed by atoms with Crippen molar-refractivity contribution in [3.05, 3.63) is 41.6 Å². The van der Waals surface area contributed by atoms with Gasteiger partial charge < -0.3 is 9.80 Å². The van der Waals surface area contributed by atoms with Gasteiger partial charge in [-0.05, 0) is 18.9 Å². The van der Waals surface area contributed by atoms with E-state index in [0.29, 0.717) is 0 Å². The minimum Gasteiger partial charge on any atom is -0.358 e. The van der Waals surface area contributed by atoms with Gasteiger partial charge in [0.2, 0.25) is 0 Å².